The molecule has 1 aromatic heterocycles. The first-order chi connectivity index (χ1) is 14.1. The molecule has 0 bridgehead atoms. The number of benzene rings is 2. The van der Waals surface area contributed by atoms with Gasteiger partial charge in [0, 0.05) is 38.0 Å². The van der Waals surface area contributed by atoms with Crippen LogP contribution < -0.4 is 15.4 Å². The van der Waals surface area contributed by atoms with Crippen molar-refractivity contribution in [2.75, 3.05) is 13.6 Å². The van der Waals surface area contributed by atoms with Gasteiger partial charge in [0.25, 0.3) is 0 Å². The third-order valence-corrected chi connectivity index (χ3v) is 4.15. The van der Waals surface area contributed by atoms with Crippen molar-refractivity contribution in [3.8, 4) is 11.6 Å². The van der Waals surface area contributed by atoms with E-state index in [2.05, 4.69) is 20.6 Å². The predicted octanol–water partition coefficient (Wildman–Crippen LogP) is 4.68. The summed E-state index contributed by atoms with van der Waals surface area (Å²) in [5.74, 6) is 0.780. The molecule has 0 saturated heterocycles. The Morgan fingerprint density at radius 2 is 1.80 bits per heavy atom. The molecule has 0 unspecified atom stereocenters. The van der Waals surface area contributed by atoms with Crippen LogP contribution in [0, 0.1) is 11.6 Å². The second-order valence-corrected chi connectivity index (χ2v) is 6.26. The van der Waals surface area contributed by atoms with E-state index in [1.807, 2.05) is 6.07 Å². The van der Waals surface area contributed by atoms with E-state index in [1.54, 1.807) is 43.6 Å². The zero-order valence-corrected chi connectivity index (χ0v) is 18.8. The van der Waals surface area contributed by atoms with Crippen molar-refractivity contribution in [1.82, 2.24) is 15.6 Å². The van der Waals surface area contributed by atoms with E-state index in [0.29, 0.717) is 30.7 Å². The van der Waals surface area contributed by atoms with Crippen LogP contribution in [0.5, 0.6) is 11.6 Å². The van der Waals surface area contributed by atoms with Crippen LogP contribution in [0.15, 0.2) is 71.9 Å². The van der Waals surface area contributed by atoms with Crippen LogP contribution >= 0.6 is 24.0 Å². The quantitative estimate of drug-likeness (QED) is 0.268. The van der Waals surface area contributed by atoms with Gasteiger partial charge in [0.2, 0.25) is 5.88 Å². The van der Waals surface area contributed by atoms with Crippen LogP contribution in [0.25, 0.3) is 0 Å². The molecule has 0 aliphatic carbocycles. The molecule has 158 valence electrons. The molecular formula is C22H23F2IN4O. The highest BCUT2D eigenvalue weighted by atomic mass is 127. The first kappa shape index (κ1) is 23.5. The van der Waals surface area contributed by atoms with E-state index in [4.69, 9.17) is 4.74 Å². The van der Waals surface area contributed by atoms with Gasteiger partial charge in [-0.25, -0.2) is 13.8 Å². The summed E-state index contributed by atoms with van der Waals surface area (Å²) in [5.41, 5.74) is 1.84. The minimum atomic E-state index is -0.371. The van der Waals surface area contributed by atoms with Gasteiger partial charge in [-0.3, -0.25) is 4.99 Å². The lowest BCUT2D eigenvalue weighted by Gasteiger charge is -2.14. The summed E-state index contributed by atoms with van der Waals surface area (Å²) in [4.78, 5) is 8.44. The van der Waals surface area contributed by atoms with Crippen molar-refractivity contribution in [2.24, 2.45) is 4.99 Å². The summed E-state index contributed by atoms with van der Waals surface area (Å²) >= 11 is 0. The first-order valence-corrected chi connectivity index (χ1v) is 9.20. The van der Waals surface area contributed by atoms with Crippen LogP contribution in [0.1, 0.15) is 11.1 Å². The molecule has 0 aliphatic rings. The standard InChI is InChI=1S/C22H22F2N4O.HI/c1-25-22(27-13-11-16-7-9-18(23)10-8-16)28-15-17-4-3-12-26-21(17)29-20-6-2-5-19(24)14-20;/h2-10,12,14H,11,13,15H2,1H3,(H2,25,27,28);1H. The second-order valence-electron chi connectivity index (χ2n) is 6.26. The fourth-order valence-corrected chi connectivity index (χ4v) is 2.67. The molecule has 3 aromatic rings. The lowest BCUT2D eigenvalue weighted by atomic mass is 10.1. The van der Waals surface area contributed by atoms with Crippen molar-refractivity contribution in [3.05, 3.63) is 89.6 Å². The highest BCUT2D eigenvalue weighted by Crippen LogP contribution is 2.23. The van der Waals surface area contributed by atoms with Crippen LogP contribution in [-0.4, -0.2) is 24.5 Å². The highest BCUT2D eigenvalue weighted by Gasteiger charge is 2.08. The lowest BCUT2D eigenvalue weighted by Crippen LogP contribution is -2.37. The Morgan fingerprint density at radius 1 is 1.00 bits per heavy atom. The van der Waals surface area contributed by atoms with Crippen LogP contribution in [0.2, 0.25) is 0 Å². The number of guanidine groups is 1. The smallest absolute Gasteiger partial charge is 0.224 e. The van der Waals surface area contributed by atoms with Gasteiger partial charge in [0.05, 0.1) is 0 Å². The van der Waals surface area contributed by atoms with Crippen molar-refractivity contribution in [2.45, 2.75) is 13.0 Å². The number of ether oxygens (including phenoxy) is 1. The number of aromatic nitrogens is 1. The zero-order valence-electron chi connectivity index (χ0n) is 16.4. The van der Waals surface area contributed by atoms with Gasteiger partial charge < -0.3 is 15.4 Å². The van der Waals surface area contributed by atoms with Crippen LogP contribution in [0.3, 0.4) is 0 Å². The minimum absolute atomic E-state index is 0. The van der Waals surface area contributed by atoms with Crippen molar-refractivity contribution in [3.63, 3.8) is 0 Å². The largest absolute Gasteiger partial charge is 0.439 e. The maximum Gasteiger partial charge on any atom is 0.224 e. The maximum atomic E-state index is 13.4. The molecule has 0 radical (unpaired) electrons. The van der Waals surface area contributed by atoms with Gasteiger partial charge >= 0.3 is 0 Å². The Morgan fingerprint density at radius 3 is 2.53 bits per heavy atom. The molecule has 5 nitrogen and oxygen atoms in total. The Hall–Kier alpha value is -2.75. The summed E-state index contributed by atoms with van der Waals surface area (Å²) in [7, 11) is 1.68. The van der Waals surface area contributed by atoms with Crippen molar-refractivity contribution < 1.29 is 13.5 Å². The van der Waals surface area contributed by atoms with E-state index < -0.39 is 0 Å². The average molecular weight is 524 g/mol. The van der Waals surface area contributed by atoms with Gasteiger partial charge in [-0.2, -0.15) is 0 Å². The van der Waals surface area contributed by atoms with Gasteiger partial charge in [-0.05, 0) is 42.3 Å². The monoisotopic (exact) mass is 524 g/mol. The number of nitrogens with zero attached hydrogens (tertiary/aromatic N) is 2. The summed E-state index contributed by atoms with van der Waals surface area (Å²) in [5, 5.41) is 6.42. The molecular weight excluding hydrogens is 501 g/mol. The van der Waals surface area contributed by atoms with E-state index in [1.165, 1.54) is 24.3 Å². The number of hydrogen-bond donors (Lipinski definition) is 2. The van der Waals surface area contributed by atoms with Gasteiger partial charge in [0.1, 0.15) is 17.4 Å². The zero-order chi connectivity index (χ0) is 20.5. The lowest BCUT2D eigenvalue weighted by molar-refractivity contribution is 0.450. The van der Waals surface area contributed by atoms with Gasteiger partial charge in [0.15, 0.2) is 5.96 Å². The van der Waals surface area contributed by atoms with E-state index in [0.717, 1.165) is 17.5 Å². The maximum absolute atomic E-state index is 13.4. The molecule has 3 rings (SSSR count). The molecule has 2 aromatic carbocycles. The molecule has 0 amide bonds. The molecule has 8 heteroatoms. The van der Waals surface area contributed by atoms with Crippen molar-refractivity contribution in [1.29, 1.82) is 0 Å². The second kappa shape index (κ2) is 12.1. The Kier molecular flexibility index (Phi) is 9.46. The topological polar surface area (TPSA) is 58.5 Å². The molecule has 0 atom stereocenters. The third-order valence-electron chi connectivity index (χ3n) is 4.15. The summed E-state index contributed by atoms with van der Waals surface area (Å²) in [6.45, 7) is 1.07. The number of rotatable bonds is 7. The molecule has 30 heavy (non-hydrogen) atoms. The van der Waals surface area contributed by atoms with Gasteiger partial charge in [-0.1, -0.05) is 24.3 Å². The third kappa shape index (κ3) is 7.25. The molecule has 0 fully saturated rings. The molecule has 0 aliphatic heterocycles. The van der Waals surface area contributed by atoms with Crippen LogP contribution in [-0.2, 0) is 13.0 Å². The predicted molar refractivity (Wildman–Crippen MR) is 124 cm³/mol. The minimum Gasteiger partial charge on any atom is -0.439 e. The van der Waals surface area contributed by atoms with Crippen LogP contribution in [0.4, 0.5) is 8.78 Å². The number of halogens is 3. The molecule has 2 N–H and O–H groups in total. The Bertz CT molecular complexity index is 967. The van der Waals surface area contributed by atoms with E-state index in [9.17, 15) is 8.78 Å². The summed E-state index contributed by atoms with van der Waals surface area (Å²) in [6, 6.07) is 16.0. The fraction of sp³-hybridized carbons (Fsp3) is 0.182. The number of nitrogens with one attached hydrogen (secondary N) is 2. The first-order valence-electron chi connectivity index (χ1n) is 9.20. The fourth-order valence-electron chi connectivity index (χ4n) is 2.67. The van der Waals surface area contributed by atoms with E-state index in [-0.39, 0.29) is 35.6 Å². The molecule has 0 saturated carbocycles. The number of pyridine rings is 1. The Labute approximate surface area is 191 Å². The normalized spacial score (nSPS) is 10.8. The van der Waals surface area contributed by atoms with E-state index >= 15 is 0 Å². The average Bonchev–Trinajstić information content (AvgIpc) is 2.73. The summed E-state index contributed by atoms with van der Waals surface area (Å²) in [6.07, 6.45) is 2.36. The molecule has 1 heterocycles. The van der Waals surface area contributed by atoms with Gasteiger partial charge in [-0.15, -0.1) is 24.0 Å². The Balaban J connectivity index is 0.00000320. The van der Waals surface area contributed by atoms with Crippen molar-refractivity contribution >= 4 is 29.9 Å². The molecule has 0 spiro atoms. The SMILES string of the molecule is CN=C(NCCc1ccc(F)cc1)NCc1cccnc1Oc1cccc(F)c1.I. The highest BCUT2D eigenvalue weighted by molar-refractivity contribution is 14.0. The number of hydrogen-bond acceptors (Lipinski definition) is 3. The summed E-state index contributed by atoms with van der Waals surface area (Å²) < 4.78 is 32.1. The number of aliphatic imine (C=N–C) groups is 1.